The molecule has 0 aromatic heterocycles. The van der Waals surface area contributed by atoms with Gasteiger partial charge in [0, 0.05) is 5.69 Å². The summed E-state index contributed by atoms with van der Waals surface area (Å²) < 4.78 is 1.61. The molecule has 0 atom stereocenters. The van der Waals surface area contributed by atoms with E-state index >= 15 is 0 Å². The number of aromatic nitrogens is 4. The largest absolute Gasteiger partial charge is 0.478 e. The first-order valence-corrected chi connectivity index (χ1v) is 7.30. The summed E-state index contributed by atoms with van der Waals surface area (Å²) in [4.78, 5) is 45.1. The Morgan fingerprint density at radius 2 is 1.72 bits per heavy atom. The van der Waals surface area contributed by atoms with E-state index in [1.807, 2.05) is 0 Å². The monoisotopic (exact) mass is 334 g/mol. The zero-order valence-corrected chi connectivity index (χ0v) is 12.6. The van der Waals surface area contributed by atoms with Crippen LogP contribution >= 0.6 is 0 Å². The van der Waals surface area contributed by atoms with E-state index < -0.39 is 17.2 Å². The fraction of sp³-hybridized carbons (Fsp3) is 0. The van der Waals surface area contributed by atoms with E-state index in [2.05, 4.69) is 15.0 Å². The van der Waals surface area contributed by atoms with Crippen LogP contribution in [0.15, 0.2) is 58.1 Å². The number of aromatic amines is 1. The lowest BCUT2D eigenvalue weighted by Gasteiger charge is -2.16. The maximum atomic E-state index is 12.1. The van der Waals surface area contributed by atoms with Crippen molar-refractivity contribution in [1.29, 1.82) is 0 Å². The van der Waals surface area contributed by atoms with Crippen molar-refractivity contribution < 1.29 is 9.90 Å². The molecule has 0 aliphatic carbocycles. The second kappa shape index (κ2) is 5.38. The number of hydrogen-bond donors (Lipinski definition) is 2. The van der Waals surface area contributed by atoms with Crippen molar-refractivity contribution in [3.05, 3.63) is 74.9 Å². The van der Waals surface area contributed by atoms with Gasteiger partial charge < -0.3 is 5.11 Å². The summed E-state index contributed by atoms with van der Waals surface area (Å²) in [6.45, 7) is 0. The third kappa shape index (κ3) is 2.36. The first kappa shape index (κ1) is 14.8. The standard InChI is InChI=1S/C17H10N4O4/c22-15-13-14(19-17(25)20-15)21(12-4-2-1-3-11(12)18-13)10-7-5-9(6-8-10)16(23)24/h1-8H,(H,23,24)(H,20,22,25). The molecule has 4 rings (SSSR count). The van der Waals surface area contributed by atoms with Crippen LogP contribution in [0, 0.1) is 0 Å². The Labute approximate surface area is 139 Å². The van der Waals surface area contributed by atoms with Crippen molar-refractivity contribution in [2.24, 2.45) is 0 Å². The molecule has 2 N–H and O–H groups in total. The van der Waals surface area contributed by atoms with Crippen LogP contribution in [0.25, 0.3) is 28.2 Å². The number of benzene rings is 2. The molecular weight excluding hydrogens is 324 g/mol. The molecule has 0 saturated heterocycles. The number of carboxylic acids is 1. The van der Waals surface area contributed by atoms with Crippen LogP contribution in [-0.4, -0.2) is 30.6 Å². The van der Waals surface area contributed by atoms with E-state index in [0.29, 0.717) is 16.7 Å². The molecule has 0 saturated carbocycles. The van der Waals surface area contributed by atoms with Crippen LogP contribution in [0.4, 0.5) is 0 Å². The smallest absolute Gasteiger partial charge is 0.349 e. The number of carbonyl (C=O) groups is 1. The number of nitrogens with one attached hydrogen (secondary N) is 1. The molecule has 122 valence electrons. The average molecular weight is 334 g/mol. The number of H-pyrrole nitrogens is 1. The molecule has 2 aromatic rings. The number of carboxylic acid groups (broad SMARTS) is 1. The summed E-state index contributed by atoms with van der Waals surface area (Å²) in [5, 5.41) is 9.05. The van der Waals surface area contributed by atoms with Crippen LogP contribution in [0.2, 0.25) is 0 Å². The Morgan fingerprint density at radius 1 is 1.00 bits per heavy atom. The van der Waals surface area contributed by atoms with Gasteiger partial charge in [0.05, 0.1) is 16.6 Å². The van der Waals surface area contributed by atoms with Crippen molar-refractivity contribution in [1.82, 2.24) is 19.5 Å². The van der Waals surface area contributed by atoms with Crippen molar-refractivity contribution in [2.45, 2.75) is 0 Å². The second-order valence-electron chi connectivity index (χ2n) is 5.33. The number of fused-ring (bicyclic) bond motifs is 2. The highest BCUT2D eigenvalue weighted by atomic mass is 16.4. The van der Waals surface area contributed by atoms with Gasteiger partial charge in [-0.1, -0.05) is 12.1 Å². The summed E-state index contributed by atoms with van der Waals surface area (Å²) in [5.41, 5.74) is 0.495. The quantitative estimate of drug-likeness (QED) is 0.533. The minimum atomic E-state index is -1.04. The predicted octanol–water partition coefficient (Wildman–Crippen LogP) is 1.27. The number of aromatic carboxylic acids is 1. The molecular formula is C17H10N4O4. The Kier molecular flexibility index (Phi) is 3.17. The third-order valence-corrected chi connectivity index (χ3v) is 3.79. The van der Waals surface area contributed by atoms with E-state index in [0.717, 1.165) is 0 Å². The Bertz CT molecular complexity index is 1210. The molecule has 0 amide bonds. The number of hydrogen-bond acceptors (Lipinski definition) is 5. The highest BCUT2D eigenvalue weighted by Gasteiger charge is 2.19. The maximum Gasteiger partial charge on any atom is 0.349 e. The van der Waals surface area contributed by atoms with Crippen molar-refractivity contribution in [3.63, 3.8) is 0 Å². The van der Waals surface area contributed by atoms with E-state index in [1.165, 1.54) is 12.1 Å². The molecule has 2 heterocycles. The Hall–Kier alpha value is -3.81. The average Bonchev–Trinajstić information content (AvgIpc) is 2.60. The van der Waals surface area contributed by atoms with Gasteiger partial charge in [0.25, 0.3) is 5.56 Å². The van der Waals surface area contributed by atoms with Gasteiger partial charge in [-0.05, 0) is 36.4 Å². The normalized spacial score (nSPS) is 11.0. The van der Waals surface area contributed by atoms with Gasteiger partial charge >= 0.3 is 11.7 Å². The van der Waals surface area contributed by atoms with Crippen molar-refractivity contribution >= 4 is 17.0 Å². The van der Waals surface area contributed by atoms with Crippen LogP contribution in [0.5, 0.6) is 0 Å². The molecule has 25 heavy (non-hydrogen) atoms. The lowest BCUT2D eigenvalue weighted by Crippen LogP contribution is -2.28. The van der Waals surface area contributed by atoms with Gasteiger partial charge in [0.2, 0.25) is 0 Å². The van der Waals surface area contributed by atoms with Gasteiger partial charge in [-0.25, -0.2) is 14.6 Å². The molecule has 0 unspecified atom stereocenters. The van der Waals surface area contributed by atoms with Gasteiger partial charge in [0.1, 0.15) is 0 Å². The van der Waals surface area contributed by atoms with Crippen LogP contribution in [0.3, 0.4) is 0 Å². The first-order valence-electron chi connectivity index (χ1n) is 7.30. The van der Waals surface area contributed by atoms with Crippen molar-refractivity contribution in [3.8, 4) is 17.2 Å². The summed E-state index contributed by atoms with van der Waals surface area (Å²) in [6.07, 6.45) is 0. The van der Waals surface area contributed by atoms with Gasteiger partial charge in [-0.15, -0.1) is 0 Å². The Morgan fingerprint density at radius 3 is 2.44 bits per heavy atom. The zero-order valence-electron chi connectivity index (χ0n) is 12.6. The van der Waals surface area contributed by atoms with E-state index in [9.17, 15) is 14.4 Å². The van der Waals surface area contributed by atoms with Crippen molar-refractivity contribution in [2.75, 3.05) is 0 Å². The number of para-hydroxylation sites is 2. The molecule has 0 bridgehead atoms. The molecule has 2 aromatic carbocycles. The van der Waals surface area contributed by atoms with Crippen LogP contribution < -0.4 is 11.2 Å². The molecule has 8 nitrogen and oxygen atoms in total. The van der Waals surface area contributed by atoms with Gasteiger partial charge in [-0.2, -0.15) is 4.98 Å². The first-order chi connectivity index (χ1) is 12.0. The molecule has 2 aliphatic rings. The lowest BCUT2D eigenvalue weighted by atomic mass is 10.2. The van der Waals surface area contributed by atoms with Gasteiger partial charge in [-0.3, -0.25) is 14.3 Å². The topological polar surface area (TPSA) is 118 Å². The predicted molar refractivity (Wildman–Crippen MR) is 89.3 cm³/mol. The lowest BCUT2D eigenvalue weighted by molar-refractivity contribution is 0.0697. The summed E-state index contributed by atoms with van der Waals surface area (Å²) >= 11 is 0. The van der Waals surface area contributed by atoms with E-state index in [4.69, 9.17) is 5.11 Å². The SMILES string of the molecule is O=C(O)c1ccc(-n2c3nc(=O)[nH]c(=O)c-3nc3ccccc32)cc1. The molecule has 0 radical (unpaired) electrons. The highest BCUT2D eigenvalue weighted by Crippen LogP contribution is 2.25. The molecule has 0 spiro atoms. The summed E-state index contributed by atoms with van der Waals surface area (Å²) in [5.74, 6) is -0.937. The Balaban J connectivity index is 2.14. The third-order valence-electron chi connectivity index (χ3n) is 3.79. The van der Waals surface area contributed by atoms with E-state index in [1.54, 1.807) is 41.0 Å². The maximum absolute atomic E-state index is 12.1. The summed E-state index contributed by atoms with van der Waals surface area (Å²) in [7, 11) is 0. The molecule has 8 heteroatoms. The minimum absolute atomic E-state index is 0.0283. The molecule has 2 aliphatic heterocycles. The number of nitrogens with zero attached hydrogens (tertiary/aromatic N) is 3. The fourth-order valence-corrected chi connectivity index (χ4v) is 2.69. The fourth-order valence-electron chi connectivity index (χ4n) is 2.69. The van der Waals surface area contributed by atoms with Gasteiger partial charge in [0.15, 0.2) is 11.5 Å². The zero-order chi connectivity index (χ0) is 17.6. The highest BCUT2D eigenvalue weighted by molar-refractivity contribution is 5.88. The minimum Gasteiger partial charge on any atom is -0.478 e. The van der Waals surface area contributed by atoms with Crippen LogP contribution in [0.1, 0.15) is 10.4 Å². The number of rotatable bonds is 2. The van der Waals surface area contributed by atoms with Crippen LogP contribution in [-0.2, 0) is 0 Å². The van der Waals surface area contributed by atoms with E-state index in [-0.39, 0.29) is 17.1 Å². The summed E-state index contributed by atoms with van der Waals surface area (Å²) in [6, 6.07) is 13.1. The second-order valence-corrected chi connectivity index (χ2v) is 5.33. The molecule has 0 fully saturated rings.